The van der Waals surface area contributed by atoms with E-state index < -0.39 is 0 Å². The van der Waals surface area contributed by atoms with Gasteiger partial charge in [-0.05, 0) is 33.6 Å². The van der Waals surface area contributed by atoms with E-state index in [0.29, 0.717) is 5.69 Å². The number of nitrogens with one attached hydrogen (secondary N) is 1. The minimum absolute atomic E-state index is 0.181. The van der Waals surface area contributed by atoms with E-state index in [9.17, 15) is 0 Å². The molecule has 5 heteroatoms. The Morgan fingerprint density at radius 2 is 2.12 bits per heavy atom. The fourth-order valence-corrected chi connectivity index (χ4v) is 1.81. The molecular weight excluding hydrogens is 216 g/mol. The summed E-state index contributed by atoms with van der Waals surface area (Å²) in [7, 11) is 0. The monoisotopic (exact) mass is 240 g/mol. The average Bonchev–Trinajstić information content (AvgIpc) is 2.56. The van der Waals surface area contributed by atoms with Crippen LogP contribution in [0.3, 0.4) is 0 Å². The topological polar surface area (TPSA) is 76.1 Å². The average molecular weight is 240 g/mol. The summed E-state index contributed by atoms with van der Waals surface area (Å²) in [5.74, 6) is 0.873. The lowest BCUT2D eigenvalue weighted by atomic mass is 10.1. The van der Waals surface area contributed by atoms with Gasteiger partial charge in [0.15, 0.2) is 0 Å². The van der Waals surface area contributed by atoms with Gasteiger partial charge in [0.05, 0.1) is 11.4 Å². The Hall–Kier alpha value is -1.23. The summed E-state index contributed by atoms with van der Waals surface area (Å²) in [6, 6.07) is 0.496. The highest BCUT2D eigenvalue weighted by molar-refractivity contribution is 5.65. The van der Waals surface area contributed by atoms with Crippen molar-refractivity contribution in [1.29, 1.82) is 0 Å². The smallest absolute Gasteiger partial charge is 0.148 e. The molecule has 1 aromatic heterocycles. The van der Waals surface area contributed by atoms with Crippen LogP contribution in [-0.2, 0) is 0 Å². The van der Waals surface area contributed by atoms with E-state index in [0.717, 1.165) is 24.4 Å². The molecule has 0 spiro atoms. The van der Waals surface area contributed by atoms with E-state index in [1.807, 2.05) is 11.6 Å². The first kappa shape index (κ1) is 13.8. The molecule has 17 heavy (non-hydrogen) atoms. The third-order valence-corrected chi connectivity index (χ3v) is 2.93. The van der Waals surface area contributed by atoms with Gasteiger partial charge in [-0.1, -0.05) is 6.92 Å². The zero-order valence-corrected chi connectivity index (χ0v) is 11.2. The molecule has 4 N–H and O–H groups in total. The molecule has 0 aromatic carbocycles. The van der Waals surface area contributed by atoms with Crippen LogP contribution in [0.2, 0.25) is 0 Å². The maximum absolute atomic E-state index is 9.01. The van der Waals surface area contributed by atoms with Crippen molar-refractivity contribution in [2.75, 3.05) is 17.7 Å². The zero-order valence-electron chi connectivity index (χ0n) is 11.2. The normalized spacial score (nSPS) is 13.1. The highest BCUT2D eigenvalue weighted by Gasteiger charge is 2.17. The number of anilines is 2. The van der Waals surface area contributed by atoms with Crippen molar-refractivity contribution >= 4 is 11.5 Å². The van der Waals surface area contributed by atoms with Gasteiger partial charge in [-0.25, -0.2) is 4.68 Å². The van der Waals surface area contributed by atoms with Crippen LogP contribution in [0.15, 0.2) is 0 Å². The molecule has 0 aliphatic carbocycles. The molecule has 1 atom stereocenters. The first-order valence-electron chi connectivity index (χ1n) is 6.23. The Kier molecular flexibility index (Phi) is 4.81. The zero-order chi connectivity index (χ0) is 13.0. The van der Waals surface area contributed by atoms with Crippen molar-refractivity contribution in [2.45, 2.75) is 52.6 Å². The van der Waals surface area contributed by atoms with E-state index in [1.165, 1.54) is 0 Å². The second-order valence-corrected chi connectivity index (χ2v) is 4.65. The van der Waals surface area contributed by atoms with Crippen molar-refractivity contribution in [3.63, 3.8) is 0 Å². The SMILES string of the molecule is CCC(CCO)Nc1c(N)c(C)nn1C(C)C. The number of aryl methyl sites for hydroxylation is 1. The Balaban J connectivity index is 2.95. The van der Waals surface area contributed by atoms with Gasteiger partial charge in [0.2, 0.25) is 0 Å². The highest BCUT2D eigenvalue weighted by Crippen LogP contribution is 2.26. The van der Waals surface area contributed by atoms with Gasteiger partial charge in [0.1, 0.15) is 5.82 Å². The standard InChI is InChI=1S/C12H24N4O/c1-5-10(6-7-17)14-12-11(13)9(4)15-16(12)8(2)3/h8,10,14,17H,5-7,13H2,1-4H3. The van der Waals surface area contributed by atoms with Crippen molar-refractivity contribution in [3.05, 3.63) is 5.69 Å². The molecule has 0 saturated heterocycles. The number of aliphatic hydroxyl groups is 1. The third-order valence-electron chi connectivity index (χ3n) is 2.93. The number of hydrogen-bond acceptors (Lipinski definition) is 4. The minimum Gasteiger partial charge on any atom is -0.396 e. The maximum atomic E-state index is 9.01. The number of rotatable bonds is 6. The van der Waals surface area contributed by atoms with E-state index >= 15 is 0 Å². The third kappa shape index (κ3) is 3.12. The predicted molar refractivity (Wildman–Crippen MR) is 71.2 cm³/mol. The van der Waals surface area contributed by atoms with Crippen LogP contribution < -0.4 is 11.1 Å². The molecule has 5 nitrogen and oxygen atoms in total. The van der Waals surface area contributed by atoms with Crippen molar-refractivity contribution < 1.29 is 5.11 Å². The molecule has 0 aliphatic rings. The summed E-state index contributed by atoms with van der Waals surface area (Å²) >= 11 is 0. The van der Waals surface area contributed by atoms with E-state index in [-0.39, 0.29) is 18.7 Å². The number of aromatic nitrogens is 2. The molecule has 0 saturated carbocycles. The number of nitrogens with zero attached hydrogens (tertiary/aromatic N) is 2. The molecule has 0 bridgehead atoms. The molecule has 0 fully saturated rings. The number of nitrogen functional groups attached to an aromatic ring is 1. The second-order valence-electron chi connectivity index (χ2n) is 4.65. The van der Waals surface area contributed by atoms with Crippen molar-refractivity contribution in [2.24, 2.45) is 0 Å². The fourth-order valence-electron chi connectivity index (χ4n) is 1.81. The van der Waals surface area contributed by atoms with Gasteiger partial charge in [0, 0.05) is 18.7 Å². The van der Waals surface area contributed by atoms with Crippen LogP contribution in [0.4, 0.5) is 11.5 Å². The summed E-state index contributed by atoms with van der Waals surface area (Å²) in [6.07, 6.45) is 1.67. The van der Waals surface area contributed by atoms with Crippen LogP contribution in [0.1, 0.15) is 45.3 Å². The Morgan fingerprint density at radius 1 is 1.47 bits per heavy atom. The van der Waals surface area contributed by atoms with Crippen LogP contribution in [0.5, 0.6) is 0 Å². The Labute approximate surface area is 103 Å². The second kappa shape index (κ2) is 5.91. The minimum atomic E-state index is 0.181. The molecule has 0 aliphatic heterocycles. The fraction of sp³-hybridized carbons (Fsp3) is 0.750. The van der Waals surface area contributed by atoms with Gasteiger partial charge < -0.3 is 16.2 Å². The highest BCUT2D eigenvalue weighted by atomic mass is 16.3. The summed E-state index contributed by atoms with van der Waals surface area (Å²) in [5, 5.41) is 16.8. The van der Waals surface area contributed by atoms with E-state index in [4.69, 9.17) is 10.8 Å². The van der Waals surface area contributed by atoms with Crippen LogP contribution in [0.25, 0.3) is 0 Å². The van der Waals surface area contributed by atoms with Gasteiger partial charge >= 0.3 is 0 Å². The van der Waals surface area contributed by atoms with Gasteiger partial charge in [0.25, 0.3) is 0 Å². The van der Waals surface area contributed by atoms with Crippen molar-refractivity contribution in [3.8, 4) is 0 Å². The summed E-state index contributed by atoms with van der Waals surface area (Å²) in [6.45, 7) is 8.33. The molecule has 1 heterocycles. The largest absolute Gasteiger partial charge is 0.396 e. The lowest BCUT2D eigenvalue weighted by Gasteiger charge is -2.20. The van der Waals surface area contributed by atoms with Crippen LogP contribution >= 0.6 is 0 Å². The lowest BCUT2D eigenvalue weighted by Crippen LogP contribution is -2.23. The van der Waals surface area contributed by atoms with Gasteiger partial charge in [-0.3, -0.25) is 0 Å². The Bertz CT molecular complexity index is 360. The lowest BCUT2D eigenvalue weighted by molar-refractivity contribution is 0.278. The first-order chi connectivity index (χ1) is 8.01. The first-order valence-corrected chi connectivity index (χ1v) is 6.23. The quantitative estimate of drug-likeness (QED) is 0.710. The molecular formula is C12H24N4O. The molecule has 1 rings (SSSR count). The van der Waals surface area contributed by atoms with Crippen LogP contribution in [0, 0.1) is 6.92 Å². The number of aliphatic hydroxyl groups excluding tert-OH is 1. The van der Waals surface area contributed by atoms with Gasteiger partial charge in [-0.15, -0.1) is 0 Å². The van der Waals surface area contributed by atoms with E-state index in [1.54, 1.807) is 0 Å². The molecule has 0 amide bonds. The summed E-state index contributed by atoms with van der Waals surface area (Å²) < 4.78 is 1.91. The maximum Gasteiger partial charge on any atom is 0.148 e. The summed E-state index contributed by atoms with van der Waals surface area (Å²) in [5.41, 5.74) is 7.58. The van der Waals surface area contributed by atoms with Crippen LogP contribution in [-0.4, -0.2) is 27.5 Å². The van der Waals surface area contributed by atoms with Crippen molar-refractivity contribution in [1.82, 2.24) is 9.78 Å². The Morgan fingerprint density at radius 3 is 2.59 bits per heavy atom. The van der Waals surface area contributed by atoms with E-state index in [2.05, 4.69) is 31.2 Å². The molecule has 98 valence electrons. The molecule has 0 radical (unpaired) electrons. The summed E-state index contributed by atoms with van der Waals surface area (Å²) in [4.78, 5) is 0. The number of hydrogen-bond donors (Lipinski definition) is 3. The number of nitrogens with two attached hydrogens (primary N) is 1. The molecule has 1 unspecified atom stereocenters. The molecule has 1 aromatic rings. The van der Waals surface area contributed by atoms with Gasteiger partial charge in [-0.2, -0.15) is 5.10 Å². The predicted octanol–water partition coefficient (Wildman–Crippen LogP) is 1.93.